The topological polar surface area (TPSA) is 46.2 Å². The lowest BCUT2D eigenvalue weighted by Crippen LogP contribution is -2.38. The Labute approximate surface area is 68.8 Å². The number of nitrogens with two attached hydrogens (primary N) is 1. The molecule has 0 heterocycles. The molecule has 1 unspecified atom stereocenters. The van der Waals surface area contributed by atoms with Crippen LogP contribution in [0.15, 0.2) is 0 Å². The molecule has 3 atom stereocenters. The molecule has 0 aromatic heterocycles. The fourth-order valence-corrected chi connectivity index (χ4v) is 1.96. The molecule has 66 valence electrons. The summed E-state index contributed by atoms with van der Waals surface area (Å²) in [6.45, 7) is 3.95. The largest absolute Gasteiger partial charge is 0.390 e. The number of hydrogen-bond acceptors (Lipinski definition) is 2. The molecule has 0 spiro atoms. The van der Waals surface area contributed by atoms with Crippen LogP contribution in [-0.2, 0) is 0 Å². The van der Waals surface area contributed by atoms with Crippen molar-refractivity contribution in [2.24, 2.45) is 11.7 Å². The first-order chi connectivity index (χ1) is 5.01. The third kappa shape index (κ3) is 2.46. The quantitative estimate of drug-likeness (QED) is 0.602. The van der Waals surface area contributed by atoms with Crippen molar-refractivity contribution in [3.8, 4) is 0 Å². The lowest BCUT2D eigenvalue weighted by atomic mass is 9.76. The van der Waals surface area contributed by atoms with Crippen LogP contribution in [0.1, 0.15) is 39.5 Å². The van der Waals surface area contributed by atoms with Gasteiger partial charge in [0, 0.05) is 6.04 Å². The van der Waals surface area contributed by atoms with E-state index in [-0.39, 0.29) is 6.04 Å². The minimum absolute atomic E-state index is 0.238. The second kappa shape index (κ2) is 3.11. The van der Waals surface area contributed by atoms with Gasteiger partial charge in [0.1, 0.15) is 0 Å². The Bertz CT molecular complexity index is 132. The Morgan fingerprint density at radius 2 is 2.27 bits per heavy atom. The average molecular weight is 157 g/mol. The summed E-state index contributed by atoms with van der Waals surface area (Å²) < 4.78 is 0. The van der Waals surface area contributed by atoms with Gasteiger partial charge in [-0.1, -0.05) is 6.42 Å². The molecular weight excluding hydrogens is 138 g/mol. The first kappa shape index (κ1) is 9.01. The maximum Gasteiger partial charge on any atom is 0.0623 e. The van der Waals surface area contributed by atoms with Crippen molar-refractivity contribution < 1.29 is 5.11 Å². The van der Waals surface area contributed by atoms with E-state index in [1.54, 1.807) is 0 Å². The molecule has 0 radical (unpaired) electrons. The summed E-state index contributed by atoms with van der Waals surface area (Å²) in [6.07, 6.45) is 4.13. The monoisotopic (exact) mass is 157 g/mol. The van der Waals surface area contributed by atoms with Crippen LogP contribution in [-0.4, -0.2) is 16.7 Å². The first-order valence-electron chi connectivity index (χ1n) is 4.49. The molecule has 1 rings (SSSR count). The fraction of sp³-hybridized carbons (Fsp3) is 1.00. The second-order valence-corrected chi connectivity index (χ2v) is 4.21. The van der Waals surface area contributed by atoms with E-state index in [1.807, 2.05) is 13.8 Å². The minimum Gasteiger partial charge on any atom is -0.390 e. The molecular formula is C9H19NO. The highest BCUT2D eigenvalue weighted by Gasteiger charge is 2.31. The van der Waals surface area contributed by atoms with Gasteiger partial charge in [0.2, 0.25) is 0 Å². The summed E-state index contributed by atoms with van der Waals surface area (Å²) >= 11 is 0. The van der Waals surface area contributed by atoms with Crippen LogP contribution in [0.4, 0.5) is 0 Å². The van der Waals surface area contributed by atoms with Gasteiger partial charge in [0.15, 0.2) is 0 Å². The molecule has 0 aromatic rings. The highest BCUT2D eigenvalue weighted by atomic mass is 16.3. The SMILES string of the molecule is CC(N)[C@H]1CCC[C@@](C)(O)C1. The third-order valence-electron chi connectivity index (χ3n) is 2.74. The highest BCUT2D eigenvalue weighted by Crippen LogP contribution is 2.33. The summed E-state index contributed by atoms with van der Waals surface area (Å²) in [6, 6.07) is 0.238. The lowest BCUT2D eigenvalue weighted by molar-refractivity contribution is -0.00276. The van der Waals surface area contributed by atoms with E-state index in [2.05, 4.69) is 0 Å². The van der Waals surface area contributed by atoms with Gasteiger partial charge in [0.05, 0.1) is 5.60 Å². The minimum atomic E-state index is -0.448. The zero-order valence-electron chi connectivity index (χ0n) is 7.51. The Hall–Kier alpha value is -0.0800. The summed E-state index contributed by atoms with van der Waals surface area (Å²) in [5.74, 6) is 0.527. The molecule has 3 N–H and O–H groups in total. The zero-order chi connectivity index (χ0) is 8.48. The van der Waals surface area contributed by atoms with E-state index in [4.69, 9.17) is 5.73 Å². The lowest BCUT2D eigenvalue weighted by Gasteiger charge is -2.35. The molecule has 1 aliphatic rings. The summed E-state index contributed by atoms with van der Waals surface area (Å²) in [5.41, 5.74) is 5.33. The maximum absolute atomic E-state index is 9.74. The standard InChI is InChI=1S/C9H19NO/c1-7(10)8-4-3-5-9(2,11)6-8/h7-8,11H,3-6,10H2,1-2H3/t7?,8-,9+/m0/s1. The molecule has 0 bridgehead atoms. The second-order valence-electron chi connectivity index (χ2n) is 4.21. The van der Waals surface area contributed by atoms with Crippen LogP contribution < -0.4 is 5.73 Å². The highest BCUT2D eigenvalue weighted by molar-refractivity contribution is 4.85. The number of hydrogen-bond donors (Lipinski definition) is 2. The van der Waals surface area contributed by atoms with Crippen molar-refractivity contribution in [2.75, 3.05) is 0 Å². The van der Waals surface area contributed by atoms with E-state index in [9.17, 15) is 5.11 Å². The Morgan fingerprint density at radius 1 is 1.64 bits per heavy atom. The molecule has 0 amide bonds. The smallest absolute Gasteiger partial charge is 0.0623 e. The van der Waals surface area contributed by atoms with E-state index in [0.717, 1.165) is 19.3 Å². The zero-order valence-corrected chi connectivity index (χ0v) is 7.51. The molecule has 1 fully saturated rings. The molecule has 1 saturated carbocycles. The van der Waals surface area contributed by atoms with Gasteiger partial charge in [-0.15, -0.1) is 0 Å². The number of rotatable bonds is 1. The summed E-state index contributed by atoms with van der Waals surface area (Å²) in [7, 11) is 0. The van der Waals surface area contributed by atoms with Gasteiger partial charge in [-0.3, -0.25) is 0 Å². The van der Waals surface area contributed by atoms with Gasteiger partial charge in [-0.05, 0) is 39.0 Å². The first-order valence-corrected chi connectivity index (χ1v) is 4.49. The van der Waals surface area contributed by atoms with Gasteiger partial charge in [-0.2, -0.15) is 0 Å². The Balaban J connectivity index is 2.46. The van der Waals surface area contributed by atoms with Crippen molar-refractivity contribution in [3.05, 3.63) is 0 Å². The third-order valence-corrected chi connectivity index (χ3v) is 2.74. The fourth-order valence-electron chi connectivity index (χ4n) is 1.96. The molecule has 2 heteroatoms. The molecule has 0 saturated heterocycles. The molecule has 0 aliphatic heterocycles. The molecule has 11 heavy (non-hydrogen) atoms. The van der Waals surface area contributed by atoms with Gasteiger partial charge < -0.3 is 10.8 Å². The summed E-state index contributed by atoms with van der Waals surface area (Å²) in [5, 5.41) is 9.74. The van der Waals surface area contributed by atoms with Crippen molar-refractivity contribution in [1.29, 1.82) is 0 Å². The number of aliphatic hydroxyl groups is 1. The van der Waals surface area contributed by atoms with E-state index in [0.29, 0.717) is 5.92 Å². The van der Waals surface area contributed by atoms with Crippen LogP contribution in [0.2, 0.25) is 0 Å². The van der Waals surface area contributed by atoms with E-state index >= 15 is 0 Å². The van der Waals surface area contributed by atoms with Crippen LogP contribution in [0, 0.1) is 5.92 Å². The normalized spacial score (nSPS) is 42.0. The van der Waals surface area contributed by atoms with E-state index < -0.39 is 5.60 Å². The maximum atomic E-state index is 9.74. The van der Waals surface area contributed by atoms with Crippen molar-refractivity contribution in [1.82, 2.24) is 0 Å². The average Bonchev–Trinajstić information content (AvgIpc) is 1.85. The molecule has 1 aliphatic carbocycles. The van der Waals surface area contributed by atoms with Crippen molar-refractivity contribution >= 4 is 0 Å². The molecule has 2 nitrogen and oxygen atoms in total. The predicted octanol–water partition coefficient (Wildman–Crippen LogP) is 1.27. The predicted molar refractivity (Wildman–Crippen MR) is 46.2 cm³/mol. The Kier molecular flexibility index (Phi) is 2.55. The summed E-state index contributed by atoms with van der Waals surface area (Å²) in [4.78, 5) is 0. The van der Waals surface area contributed by atoms with Crippen LogP contribution in [0.25, 0.3) is 0 Å². The van der Waals surface area contributed by atoms with Crippen LogP contribution in [0.3, 0.4) is 0 Å². The molecule has 0 aromatic carbocycles. The van der Waals surface area contributed by atoms with E-state index in [1.165, 1.54) is 6.42 Å². The van der Waals surface area contributed by atoms with Crippen molar-refractivity contribution in [2.45, 2.75) is 51.2 Å². The van der Waals surface area contributed by atoms with Gasteiger partial charge in [-0.25, -0.2) is 0 Å². The Morgan fingerprint density at radius 3 is 2.64 bits per heavy atom. The van der Waals surface area contributed by atoms with Crippen LogP contribution in [0.5, 0.6) is 0 Å². The van der Waals surface area contributed by atoms with Crippen molar-refractivity contribution in [3.63, 3.8) is 0 Å². The van der Waals surface area contributed by atoms with Gasteiger partial charge in [0.25, 0.3) is 0 Å². The van der Waals surface area contributed by atoms with Gasteiger partial charge >= 0.3 is 0 Å². The van der Waals surface area contributed by atoms with Crippen LogP contribution >= 0.6 is 0 Å².